The molecule has 1 aliphatic rings. The fraction of sp³-hybridized carbons (Fsp3) is 0.261. The van der Waals surface area contributed by atoms with Crippen molar-refractivity contribution in [2.24, 2.45) is 7.05 Å². The normalized spacial score (nSPS) is 14.5. The van der Waals surface area contributed by atoms with Gasteiger partial charge in [0.05, 0.1) is 18.3 Å². The summed E-state index contributed by atoms with van der Waals surface area (Å²) in [5.74, 6) is -1.42. The van der Waals surface area contributed by atoms with Gasteiger partial charge in [0, 0.05) is 37.3 Å². The van der Waals surface area contributed by atoms with E-state index >= 15 is 0 Å². The molecule has 186 valence electrons. The second-order valence-corrected chi connectivity index (χ2v) is 8.51. The minimum absolute atomic E-state index is 0.0918. The van der Waals surface area contributed by atoms with Crippen LogP contribution in [0, 0.1) is 5.82 Å². The number of halogens is 4. The van der Waals surface area contributed by atoms with Crippen molar-refractivity contribution in [3.63, 3.8) is 0 Å². The van der Waals surface area contributed by atoms with Crippen molar-refractivity contribution in [3.8, 4) is 11.1 Å². The smallest absolute Gasteiger partial charge is 0.358 e. The number of anilines is 3. The Hall–Kier alpha value is -4.29. The van der Waals surface area contributed by atoms with Gasteiger partial charge in [-0.3, -0.25) is 9.48 Å². The SMILES string of the molecule is Cn1cc(Nc2ncc(-c3ccc(CC(=O)Nc4cc(C5(C(F)(F)F)CC5)on4)c(F)c3)cn2)cn1. The van der Waals surface area contributed by atoms with Crippen molar-refractivity contribution in [3.05, 3.63) is 66.2 Å². The minimum Gasteiger partial charge on any atom is -0.358 e. The fourth-order valence-corrected chi connectivity index (χ4v) is 3.74. The van der Waals surface area contributed by atoms with Crippen LogP contribution in [0.2, 0.25) is 0 Å². The van der Waals surface area contributed by atoms with Gasteiger partial charge < -0.3 is 15.2 Å². The Morgan fingerprint density at radius 3 is 2.50 bits per heavy atom. The molecule has 0 bridgehead atoms. The summed E-state index contributed by atoms with van der Waals surface area (Å²) in [5.41, 5.74) is -0.150. The molecular formula is C23H19F4N7O2. The summed E-state index contributed by atoms with van der Waals surface area (Å²) < 4.78 is 60.8. The van der Waals surface area contributed by atoms with Gasteiger partial charge >= 0.3 is 6.18 Å². The van der Waals surface area contributed by atoms with Crippen LogP contribution in [0.15, 0.2) is 53.6 Å². The number of hydrogen-bond donors (Lipinski definition) is 2. The van der Waals surface area contributed by atoms with Crippen LogP contribution in [0.3, 0.4) is 0 Å². The maximum absolute atomic E-state index is 14.7. The minimum atomic E-state index is -4.46. The Bertz CT molecular complexity index is 1410. The van der Waals surface area contributed by atoms with Gasteiger partial charge in [-0.2, -0.15) is 18.3 Å². The Labute approximate surface area is 201 Å². The van der Waals surface area contributed by atoms with E-state index in [2.05, 4.69) is 30.9 Å². The highest BCUT2D eigenvalue weighted by molar-refractivity contribution is 5.91. The molecule has 4 aromatic rings. The van der Waals surface area contributed by atoms with Crippen LogP contribution < -0.4 is 10.6 Å². The van der Waals surface area contributed by atoms with Gasteiger partial charge in [0.25, 0.3) is 0 Å². The molecule has 1 saturated carbocycles. The third kappa shape index (κ3) is 4.63. The van der Waals surface area contributed by atoms with Gasteiger partial charge in [-0.1, -0.05) is 17.3 Å². The molecule has 1 fully saturated rings. The summed E-state index contributed by atoms with van der Waals surface area (Å²) in [5, 5.41) is 12.9. The molecule has 0 saturated heterocycles. The molecule has 3 aromatic heterocycles. The zero-order chi connectivity index (χ0) is 25.5. The summed E-state index contributed by atoms with van der Waals surface area (Å²) in [6, 6.07) is 5.38. The lowest BCUT2D eigenvalue weighted by molar-refractivity contribution is -0.165. The molecule has 36 heavy (non-hydrogen) atoms. The molecule has 0 unspecified atom stereocenters. The van der Waals surface area contributed by atoms with E-state index < -0.39 is 23.3 Å². The van der Waals surface area contributed by atoms with Crippen LogP contribution in [-0.2, 0) is 23.7 Å². The van der Waals surface area contributed by atoms with Crippen molar-refractivity contribution in [2.75, 3.05) is 10.6 Å². The number of aromatic nitrogens is 5. The topological polar surface area (TPSA) is 111 Å². The number of benzene rings is 1. The van der Waals surface area contributed by atoms with E-state index in [1.165, 1.54) is 24.5 Å². The largest absolute Gasteiger partial charge is 0.401 e. The van der Waals surface area contributed by atoms with Gasteiger partial charge in [0.1, 0.15) is 11.2 Å². The number of nitrogens with zero attached hydrogens (tertiary/aromatic N) is 5. The first-order chi connectivity index (χ1) is 17.1. The number of alkyl halides is 3. The molecule has 0 radical (unpaired) electrons. The van der Waals surface area contributed by atoms with Crippen LogP contribution in [0.5, 0.6) is 0 Å². The maximum atomic E-state index is 14.7. The Morgan fingerprint density at radius 1 is 1.14 bits per heavy atom. The highest BCUT2D eigenvalue weighted by atomic mass is 19.4. The fourth-order valence-electron chi connectivity index (χ4n) is 3.74. The summed E-state index contributed by atoms with van der Waals surface area (Å²) in [7, 11) is 1.78. The number of hydrogen-bond acceptors (Lipinski definition) is 7. The number of carbonyl (C=O) groups is 1. The average Bonchev–Trinajstić information content (AvgIpc) is 3.37. The van der Waals surface area contributed by atoms with E-state index in [1.807, 2.05) is 0 Å². The van der Waals surface area contributed by atoms with E-state index in [4.69, 9.17) is 4.52 Å². The van der Waals surface area contributed by atoms with Crippen molar-refractivity contribution in [1.29, 1.82) is 0 Å². The highest BCUT2D eigenvalue weighted by Crippen LogP contribution is 2.59. The second kappa shape index (κ2) is 8.73. The van der Waals surface area contributed by atoms with E-state index in [0.29, 0.717) is 22.8 Å². The lowest BCUT2D eigenvalue weighted by atomic mass is 10.0. The quantitative estimate of drug-likeness (QED) is 0.358. The first-order valence-electron chi connectivity index (χ1n) is 10.8. The molecular weight excluding hydrogens is 482 g/mol. The standard InChI is InChI=1S/C23H19F4N7O2/c1-34-12-16(11-30-34)31-21-28-9-15(10-29-21)13-2-3-14(17(24)6-13)7-20(35)32-19-8-18(36-33-19)22(4-5-22)23(25,26)27/h2-3,6,8-12H,4-5,7H2,1H3,(H,28,29,31)(H,32,33,35). The van der Waals surface area contributed by atoms with Gasteiger partial charge in [-0.25, -0.2) is 14.4 Å². The van der Waals surface area contributed by atoms with Crippen LogP contribution in [0.4, 0.5) is 35.0 Å². The summed E-state index contributed by atoms with van der Waals surface area (Å²) in [4.78, 5) is 20.8. The van der Waals surface area contributed by atoms with Crippen LogP contribution in [0.1, 0.15) is 24.2 Å². The van der Waals surface area contributed by atoms with Crippen molar-refractivity contribution < 1.29 is 26.9 Å². The Balaban J connectivity index is 1.22. The molecule has 1 amide bonds. The monoisotopic (exact) mass is 501 g/mol. The van der Waals surface area contributed by atoms with Gasteiger partial charge in [0.2, 0.25) is 11.9 Å². The number of rotatable bonds is 7. The number of aryl methyl sites for hydroxylation is 1. The van der Waals surface area contributed by atoms with E-state index in [-0.39, 0.29) is 36.4 Å². The van der Waals surface area contributed by atoms with E-state index in [1.54, 1.807) is 30.2 Å². The van der Waals surface area contributed by atoms with Crippen LogP contribution in [-0.4, -0.2) is 37.0 Å². The lowest BCUT2D eigenvalue weighted by Crippen LogP contribution is -2.28. The van der Waals surface area contributed by atoms with Crippen LogP contribution in [0.25, 0.3) is 11.1 Å². The molecule has 0 spiro atoms. The number of carbonyl (C=O) groups excluding carboxylic acids is 1. The molecule has 13 heteroatoms. The Morgan fingerprint density at radius 2 is 1.89 bits per heavy atom. The summed E-state index contributed by atoms with van der Waals surface area (Å²) in [6.07, 6.45) is 1.45. The zero-order valence-corrected chi connectivity index (χ0v) is 18.8. The summed E-state index contributed by atoms with van der Waals surface area (Å²) >= 11 is 0. The Kier molecular flexibility index (Phi) is 5.69. The molecule has 2 N–H and O–H groups in total. The van der Waals surface area contributed by atoms with Crippen LogP contribution >= 0.6 is 0 Å². The molecule has 1 aromatic carbocycles. The maximum Gasteiger partial charge on any atom is 0.401 e. The van der Waals surface area contributed by atoms with E-state index in [9.17, 15) is 22.4 Å². The van der Waals surface area contributed by atoms with Crippen molar-refractivity contribution >= 4 is 23.4 Å². The average molecular weight is 501 g/mol. The summed E-state index contributed by atoms with van der Waals surface area (Å²) in [6.45, 7) is 0. The van der Waals surface area contributed by atoms with Crippen molar-refractivity contribution in [1.82, 2.24) is 24.9 Å². The first-order valence-corrected chi connectivity index (χ1v) is 10.8. The number of amides is 1. The van der Waals surface area contributed by atoms with Gasteiger partial charge in [0.15, 0.2) is 11.6 Å². The molecule has 3 heterocycles. The predicted molar refractivity (Wildman–Crippen MR) is 120 cm³/mol. The third-order valence-corrected chi connectivity index (χ3v) is 5.89. The zero-order valence-electron chi connectivity index (χ0n) is 18.8. The molecule has 0 aliphatic heterocycles. The molecule has 5 rings (SSSR count). The van der Waals surface area contributed by atoms with Crippen molar-refractivity contribution in [2.45, 2.75) is 30.9 Å². The molecule has 0 atom stereocenters. The lowest BCUT2D eigenvalue weighted by Gasteiger charge is -2.14. The highest BCUT2D eigenvalue weighted by Gasteiger charge is 2.66. The van der Waals surface area contributed by atoms with E-state index in [0.717, 1.165) is 6.07 Å². The number of nitrogens with one attached hydrogen (secondary N) is 2. The molecule has 1 aliphatic carbocycles. The van der Waals surface area contributed by atoms with Gasteiger partial charge in [-0.05, 0) is 30.0 Å². The van der Waals surface area contributed by atoms with Gasteiger partial charge in [-0.15, -0.1) is 0 Å². The first kappa shape index (κ1) is 23.5. The second-order valence-electron chi connectivity index (χ2n) is 8.51. The third-order valence-electron chi connectivity index (χ3n) is 5.89. The predicted octanol–water partition coefficient (Wildman–Crippen LogP) is 4.52. The molecule has 9 nitrogen and oxygen atoms in total.